The molecule has 0 spiro atoms. The minimum atomic E-state index is -0.451. The van der Waals surface area contributed by atoms with Gasteiger partial charge in [0.05, 0.1) is 0 Å². The van der Waals surface area contributed by atoms with Gasteiger partial charge in [-0.3, -0.25) is 4.99 Å². The highest BCUT2D eigenvalue weighted by molar-refractivity contribution is 14.0. The second-order valence-corrected chi connectivity index (χ2v) is 7.46. The molecule has 152 valence electrons. The Hall–Kier alpha value is -0.990. The van der Waals surface area contributed by atoms with E-state index in [1.54, 1.807) is 0 Å². The average Bonchev–Trinajstić information content (AvgIpc) is 2.51. The number of amides is 1. The number of rotatable bonds is 6. The van der Waals surface area contributed by atoms with Crippen LogP contribution < -0.4 is 16.0 Å². The molecule has 1 aliphatic carbocycles. The zero-order chi connectivity index (χ0) is 18.7. The van der Waals surface area contributed by atoms with Gasteiger partial charge in [0.2, 0.25) is 0 Å². The van der Waals surface area contributed by atoms with Gasteiger partial charge in [-0.05, 0) is 66.7 Å². The molecule has 1 rings (SSSR count). The molecule has 0 heterocycles. The molecule has 3 N–H and O–H groups in total. The number of hydrogen-bond acceptors (Lipinski definition) is 3. The zero-order valence-electron chi connectivity index (χ0n) is 16.9. The number of nitrogens with zero attached hydrogens (tertiary/aromatic N) is 1. The molecule has 0 bridgehead atoms. The van der Waals surface area contributed by atoms with Crippen LogP contribution in [-0.2, 0) is 4.74 Å². The fraction of sp³-hybridized carbons (Fsp3) is 0.789. The molecular formula is C19H37IN4O2. The molecule has 0 saturated heterocycles. The van der Waals surface area contributed by atoms with E-state index >= 15 is 0 Å². The van der Waals surface area contributed by atoms with Crippen LogP contribution in [0.3, 0.4) is 0 Å². The van der Waals surface area contributed by atoms with Crippen molar-refractivity contribution in [2.45, 2.75) is 84.4 Å². The molecular weight excluding hydrogens is 443 g/mol. The van der Waals surface area contributed by atoms with Gasteiger partial charge in [-0.1, -0.05) is 12.2 Å². The average molecular weight is 480 g/mol. The third-order valence-corrected chi connectivity index (χ3v) is 3.93. The first kappa shape index (κ1) is 25.0. The van der Waals surface area contributed by atoms with Gasteiger partial charge in [0, 0.05) is 25.2 Å². The van der Waals surface area contributed by atoms with Crippen molar-refractivity contribution in [2.75, 3.05) is 13.1 Å². The summed E-state index contributed by atoms with van der Waals surface area (Å²) in [6.45, 7) is 11.4. The second-order valence-electron chi connectivity index (χ2n) is 7.46. The highest BCUT2D eigenvalue weighted by Gasteiger charge is 2.25. The summed E-state index contributed by atoms with van der Waals surface area (Å²) in [5.41, 5.74) is -0.451. The van der Waals surface area contributed by atoms with E-state index in [1.807, 2.05) is 27.7 Å². The molecule has 26 heavy (non-hydrogen) atoms. The minimum Gasteiger partial charge on any atom is -0.444 e. The summed E-state index contributed by atoms with van der Waals surface area (Å²) in [5, 5.41) is 9.80. The SMILES string of the molecule is C/C=C/CCN=C(NCC)NC1CCC(NC(=O)OC(C)(C)C)CC1.I. The smallest absolute Gasteiger partial charge is 0.407 e. The van der Waals surface area contributed by atoms with Gasteiger partial charge in [0.15, 0.2) is 5.96 Å². The van der Waals surface area contributed by atoms with Gasteiger partial charge in [0.1, 0.15) is 5.60 Å². The van der Waals surface area contributed by atoms with E-state index in [-0.39, 0.29) is 36.1 Å². The Morgan fingerprint density at radius 1 is 1.15 bits per heavy atom. The molecule has 0 aromatic carbocycles. The molecule has 0 unspecified atom stereocenters. The number of aliphatic imine (C=N–C) groups is 1. The van der Waals surface area contributed by atoms with Crippen LogP contribution in [0.5, 0.6) is 0 Å². The van der Waals surface area contributed by atoms with Gasteiger partial charge in [-0.2, -0.15) is 0 Å². The molecule has 1 aliphatic rings. The molecule has 1 amide bonds. The van der Waals surface area contributed by atoms with E-state index in [2.05, 4.69) is 40.0 Å². The van der Waals surface area contributed by atoms with Crippen molar-refractivity contribution in [1.82, 2.24) is 16.0 Å². The number of allylic oxidation sites excluding steroid dienone is 1. The number of carbonyl (C=O) groups excluding carboxylic acids is 1. The largest absolute Gasteiger partial charge is 0.444 e. The normalized spacial score (nSPS) is 21.0. The number of nitrogens with one attached hydrogen (secondary N) is 3. The van der Waals surface area contributed by atoms with E-state index in [0.29, 0.717) is 6.04 Å². The van der Waals surface area contributed by atoms with Crippen LogP contribution in [0.1, 0.15) is 66.7 Å². The lowest BCUT2D eigenvalue weighted by Gasteiger charge is -2.31. The van der Waals surface area contributed by atoms with Crippen molar-refractivity contribution in [3.63, 3.8) is 0 Å². The highest BCUT2D eigenvalue weighted by Crippen LogP contribution is 2.19. The van der Waals surface area contributed by atoms with Crippen LogP contribution in [0, 0.1) is 0 Å². The maximum Gasteiger partial charge on any atom is 0.407 e. The summed E-state index contributed by atoms with van der Waals surface area (Å²) < 4.78 is 5.33. The van der Waals surface area contributed by atoms with Gasteiger partial charge < -0.3 is 20.7 Å². The molecule has 1 saturated carbocycles. The topological polar surface area (TPSA) is 74.8 Å². The van der Waals surface area contributed by atoms with Gasteiger partial charge in [-0.25, -0.2) is 4.79 Å². The molecule has 0 radical (unpaired) electrons. The first-order chi connectivity index (χ1) is 11.8. The van der Waals surface area contributed by atoms with E-state index in [0.717, 1.165) is 51.2 Å². The van der Waals surface area contributed by atoms with Gasteiger partial charge in [0.25, 0.3) is 0 Å². The molecule has 0 aromatic heterocycles. The quantitative estimate of drug-likeness (QED) is 0.177. The van der Waals surface area contributed by atoms with Crippen LogP contribution in [0.4, 0.5) is 4.79 Å². The molecule has 0 aromatic rings. The van der Waals surface area contributed by atoms with E-state index in [9.17, 15) is 4.79 Å². The maximum atomic E-state index is 11.9. The first-order valence-corrected chi connectivity index (χ1v) is 9.49. The van der Waals surface area contributed by atoms with Gasteiger partial charge >= 0.3 is 6.09 Å². The van der Waals surface area contributed by atoms with Crippen LogP contribution in [0.25, 0.3) is 0 Å². The lowest BCUT2D eigenvalue weighted by atomic mass is 9.91. The maximum absolute atomic E-state index is 11.9. The summed E-state index contributed by atoms with van der Waals surface area (Å²) in [6.07, 6.45) is 8.75. The second kappa shape index (κ2) is 13.2. The Balaban J connectivity index is 0.00000625. The first-order valence-electron chi connectivity index (χ1n) is 9.49. The fourth-order valence-electron chi connectivity index (χ4n) is 2.79. The molecule has 1 fully saturated rings. The highest BCUT2D eigenvalue weighted by atomic mass is 127. The third kappa shape index (κ3) is 11.6. The summed E-state index contributed by atoms with van der Waals surface area (Å²) in [7, 11) is 0. The van der Waals surface area contributed by atoms with E-state index < -0.39 is 5.60 Å². The van der Waals surface area contributed by atoms with E-state index in [4.69, 9.17) is 4.74 Å². The molecule has 6 nitrogen and oxygen atoms in total. The number of guanidine groups is 1. The Morgan fingerprint density at radius 2 is 1.73 bits per heavy atom. The molecule has 7 heteroatoms. The Morgan fingerprint density at radius 3 is 2.23 bits per heavy atom. The van der Waals surface area contributed by atoms with Crippen LogP contribution in [0.2, 0.25) is 0 Å². The summed E-state index contributed by atoms with van der Waals surface area (Å²) >= 11 is 0. The van der Waals surface area contributed by atoms with Crippen LogP contribution in [0.15, 0.2) is 17.1 Å². The standard InChI is InChI=1S/C19H36N4O2.HI/c1-6-8-9-14-21-17(20-7-2)22-15-10-12-16(13-11-15)23-18(24)25-19(3,4)5;/h6,8,15-16H,7,9-14H2,1-5H3,(H,23,24)(H2,20,21,22);1H/b8-6+;. The van der Waals surface area contributed by atoms with Crippen molar-refractivity contribution in [3.8, 4) is 0 Å². The van der Waals surface area contributed by atoms with Crippen LogP contribution >= 0.6 is 24.0 Å². The van der Waals surface area contributed by atoms with Crippen molar-refractivity contribution in [1.29, 1.82) is 0 Å². The predicted molar refractivity (Wildman–Crippen MR) is 119 cm³/mol. The summed E-state index contributed by atoms with van der Waals surface area (Å²) in [4.78, 5) is 16.5. The zero-order valence-corrected chi connectivity index (χ0v) is 19.3. The minimum absolute atomic E-state index is 0. The van der Waals surface area contributed by atoms with Crippen molar-refractivity contribution in [2.24, 2.45) is 4.99 Å². The van der Waals surface area contributed by atoms with Crippen LogP contribution in [-0.4, -0.2) is 42.8 Å². The summed E-state index contributed by atoms with van der Waals surface area (Å²) in [6, 6.07) is 0.596. The van der Waals surface area contributed by atoms with Gasteiger partial charge in [-0.15, -0.1) is 24.0 Å². The molecule has 0 atom stereocenters. The third-order valence-electron chi connectivity index (χ3n) is 3.93. The Bertz CT molecular complexity index is 453. The number of alkyl carbamates (subject to hydrolysis) is 1. The fourth-order valence-corrected chi connectivity index (χ4v) is 2.79. The lowest BCUT2D eigenvalue weighted by molar-refractivity contribution is 0.0490. The number of hydrogen-bond donors (Lipinski definition) is 3. The predicted octanol–water partition coefficient (Wildman–Crippen LogP) is 3.96. The Kier molecular flexibility index (Phi) is 12.7. The van der Waals surface area contributed by atoms with Crippen molar-refractivity contribution in [3.05, 3.63) is 12.2 Å². The number of ether oxygens (including phenoxy) is 1. The summed E-state index contributed by atoms with van der Waals surface area (Å²) in [5.74, 6) is 0.885. The Labute approximate surface area is 176 Å². The number of carbonyl (C=O) groups is 1. The molecule has 0 aliphatic heterocycles. The van der Waals surface area contributed by atoms with Crippen molar-refractivity contribution < 1.29 is 9.53 Å². The number of halogens is 1. The lowest BCUT2D eigenvalue weighted by Crippen LogP contribution is -2.48. The van der Waals surface area contributed by atoms with E-state index in [1.165, 1.54) is 0 Å². The van der Waals surface area contributed by atoms with Crippen molar-refractivity contribution >= 4 is 36.0 Å². The monoisotopic (exact) mass is 480 g/mol.